The van der Waals surface area contributed by atoms with Crippen molar-refractivity contribution in [2.45, 2.75) is 39.3 Å². The van der Waals surface area contributed by atoms with Gasteiger partial charge in [-0.1, -0.05) is 12.1 Å². The van der Waals surface area contributed by atoms with Crippen LogP contribution in [-0.2, 0) is 0 Å². The molecule has 2 unspecified atom stereocenters. The van der Waals surface area contributed by atoms with Gasteiger partial charge in [0.2, 0.25) is 0 Å². The molecule has 1 aromatic carbocycles. The van der Waals surface area contributed by atoms with E-state index in [0.29, 0.717) is 6.04 Å². The number of aliphatic hydroxyl groups excluding tert-OH is 1. The van der Waals surface area contributed by atoms with Crippen LogP contribution in [0.4, 0.5) is 0 Å². The van der Waals surface area contributed by atoms with Crippen molar-refractivity contribution >= 4 is 0 Å². The molecule has 1 N–H and O–H groups in total. The second-order valence-corrected chi connectivity index (χ2v) is 6.44. The number of hydrogen-bond donors (Lipinski definition) is 1. The molecule has 0 aromatic heterocycles. The van der Waals surface area contributed by atoms with Crippen LogP contribution in [0, 0.1) is 20.8 Å². The summed E-state index contributed by atoms with van der Waals surface area (Å²) in [5.74, 6) is 0. The molecule has 0 spiro atoms. The number of benzene rings is 1. The first-order valence-electron chi connectivity index (χ1n) is 7.53. The Morgan fingerprint density at radius 1 is 1.10 bits per heavy atom. The van der Waals surface area contributed by atoms with Crippen molar-refractivity contribution in [1.29, 1.82) is 0 Å². The molecule has 3 nitrogen and oxygen atoms in total. The highest BCUT2D eigenvalue weighted by atomic mass is 16.3. The van der Waals surface area contributed by atoms with Gasteiger partial charge in [0, 0.05) is 25.7 Å². The molecule has 0 radical (unpaired) electrons. The lowest BCUT2D eigenvalue weighted by Crippen LogP contribution is -2.50. The molecule has 20 heavy (non-hydrogen) atoms. The fourth-order valence-corrected chi connectivity index (χ4v) is 3.08. The van der Waals surface area contributed by atoms with E-state index in [9.17, 15) is 5.11 Å². The van der Waals surface area contributed by atoms with Crippen LogP contribution >= 0.6 is 0 Å². The third-order valence-corrected chi connectivity index (χ3v) is 4.72. The van der Waals surface area contributed by atoms with Crippen LogP contribution in [0.5, 0.6) is 0 Å². The van der Waals surface area contributed by atoms with E-state index in [1.165, 1.54) is 16.7 Å². The Balaban J connectivity index is 2.11. The van der Waals surface area contributed by atoms with Crippen molar-refractivity contribution < 1.29 is 5.11 Å². The van der Waals surface area contributed by atoms with Gasteiger partial charge < -0.3 is 14.9 Å². The van der Waals surface area contributed by atoms with Gasteiger partial charge in [0.25, 0.3) is 0 Å². The topological polar surface area (TPSA) is 26.7 Å². The maximum Gasteiger partial charge on any atom is 0.0808 e. The average Bonchev–Trinajstić information content (AvgIpc) is 2.38. The molecule has 1 saturated heterocycles. The van der Waals surface area contributed by atoms with Crippen LogP contribution in [0.1, 0.15) is 34.8 Å². The minimum atomic E-state index is -0.367. The normalized spacial score (nSPS) is 23.0. The largest absolute Gasteiger partial charge is 0.388 e. The van der Waals surface area contributed by atoms with E-state index in [1.807, 2.05) is 0 Å². The second kappa shape index (κ2) is 6.25. The van der Waals surface area contributed by atoms with Crippen LogP contribution in [-0.4, -0.2) is 54.7 Å². The van der Waals surface area contributed by atoms with Crippen molar-refractivity contribution in [2.24, 2.45) is 0 Å². The molecule has 0 aliphatic carbocycles. The molecule has 0 bridgehead atoms. The summed E-state index contributed by atoms with van der Waals surface area (Å²) in [7, 11) is 4.32. The Labute approximate surface area is 123 Å². The van der Waals surface area contributed by atoms with Crippen LogP contribution in [0.2, 0.25) is 0 Å². The van der Waals surface area contributed by atoms with E-state index >= 15 is 0 Å². The monoisotopic (exact) mass is 276 g/mol. The van der Waals surface area contributed by atoms with E-state index in [0.717, 1.165) is 31.6 Å². The van der Waals surface area contributed by atoms with Crippen LogP contribution in [0.15, 0.2) is 12.1 Å². The second-order valence-electron chi connectivity index (χ2n) is 6.44. The fraction of sp³-hybridized carbons (Fsp3) is 0.647. The first-order chi connectivity index (χ1) is 9.38. The number of hydrogen-bond acceptors (Lipinski definition) is 3. The molecule has 2 atom stereocenters. The molecular formula is C17H28N2O. The van der Waals surface area contributed by atoms with E-state index in [2.05, 4.69) is 56.8 Å². The van der Waals surface area contributed by atoms with Gasteiger partial charge >= 0.3 is 0 Å². The highest BCUT2D eigenvalue weighted by Crippen LogP contribution is 2.27. The Bertz CT molecular complexity index is 472. The zero-order valence-corrected chi connectivity index (χ0v) is 13.5. The van der Waals surface area contributed by atoms with Crippen molar-refractivity contribution in [3.05, 3.63) is 34.4 Å². The number of likely N-dealkylation sites (N-methyl/N-ethyl adjacent to an activating group) is 2. The van der Waals surface area contributed by atoms with Crippen molar-refractivity contribution in [1.82, 2.24) is 9.80 Å². The van der Waals surface area contributed by atoms with E-state index in [1.54, 1.807) is 0 Å². The highest BCUT2D eigenvalue weighted by molar-refractivity contribution is 5.37. The molecule has 0 amide bonds. The molecule has 1 fully saturated rings. The molecule has 3 heteroatoms. The lowest BCUT2D eigenvalue weighted by molar-refractivity contribution is 0.0632. The van der Waals surface area contributed by atoms with Gasteiger partial charge in [-0.2, -0.15) is 0 Å². The van der Waals surface area contributed by atoms with E-state index in [4.69, 9.17) is 0 Å². The maximum absolute atomic E-state index is 10.6. The summed E-state index contributed by atoms with van der Waals surface area (Å²) in [6.45, 7) is 9.58. The van der Waals surface area contributed by atoms with E-state index < -0.39 is 0 Å². The van der Waals surface area contributed by atoms with Crippen molar-refractivity contribution in [3.63, 3.8) is 0 Å². The minimum absolute atomic E-state index is 0.367. The molecule has 0 saturated carbocycles. The number of rotatable bonds is 3. The number of nitrogens with zero attached hydrogens (tertiary/aromatic N) is 2. The molecule has 1 aromatic rings. The molecule has 1 aliphatic heterocycles. The first kappa shape index (κ1) is 15.5. The third-order valence-electron chi connectivity index (χ3n) is 4.72. The SMILES string of the molecule is Cc1cc(C)c(C(O)CC2CN(C)CCN2C)cc1C. The summed E-state index contributed by atoms with van der Waals surface area (Å²) < 4.78 is 0. The van der Waals surface area contributed by atoms with Gasteiger partial charge in [0.1, 0.15) is 0 Å². The summed E-state index contributed by atoms with van der Waals surface area (Å²) in [5.41, 5.74) is 4.86. The van der Waals surface area contributed by atoms with Crippen LogP contribution < -0.4 is 0 Å². The quantitative estimate of drug-likeness (QED) is 0.917. The van der Waals surface area contributed by atoms with Gasteiger partial charge in [-0.05, 0) is 63.5 Å². The van der Waals surface area contributed by atoms with Gasteiger partial charge in [-0.15, -0.1) is 0 Å². The predicted octanol–water partition coefficient (Wildman–Crippen LogP) is 2.28. The Morgan fingerprint density at radius 3 is 2.45 bits per heavy atom. The molecular weight excluding hydrogens is 248 g/mol. The smallest absolute Gasteiger partial charge is 0.0808 e. The standard InChI is InChI=1S/C17H28N2O/c1-12-8-14(3)16(9-13(12)2)17(20)10-15-11-18(4)6-7-19(15)5/h8-9,15,17,20H,6-7,10-11H2,1-5H3. The van der Waals surface area contributed by atoms with Gasteiger partial charge in [0.05, 0.1) is 6.10 Å². The third kappa shape index (κ3) is 3.40. The number of piperazine rings is 1. The summed E-state index contributed by atoms with van der Waals surface area (Å²) in [6.07, 6.45) is 0.442. The zero-order valence-electron chi connectivity index (χ0n) is 13.5. The lowest BCUT2D eigenvalue weighted by Gasteiger charge is -2.38. The first-order valence-corrected chi connectivity index (χ1v) is 7.53. The summed E-state index contributed by atoms with van der Waals surface area (Å²) >= 11 is 0. The maximum atomic E-state index is 10.6. The lowest BCUT2D eigenvalue weighted by atomic mass is 9.93. The molecule has 1 aliphatic rings. The van der Waals surface area contributed by atoms with Crippen molar-refractivity contribution in [2.75, 3.05) is 33.7 Å². The Kier molecular flexibility index (Phi) is 4.84. The fourth-order valence-electron chi connectivity index (χ4n) is 3.08. The Hall–Kier alpha value is -0.900. The molecule has 1 heterocycles. The zero-order chi connectivity index (χ0) is 14.9. The van der Waals surface area contributed by atoms with Gasteiger partial charge in [-0.3, -0.25) is 0 Å². The van der Waals surface area contributed by atoms with Gasteiger partial charge in [0.15, 0.2) is 0 Å². The number of aryl methyl sites for hydroxylation is 3. The minimum Gasteiger partial charge on any atom is -0.388 e. The van der Waals surface area contributed by atoms with Crippen LogP contribution in [0.3, 0.4) is 0 Å². The van der Waals surface area contributed by atoms with E-state index in [-0.39, 0.29) is 6.10 Å². The summed E-state index contributed by atoms with van der Waals surface area (Å²) in [5, 5.41) is 10.6. The Morgan fingerprint density at radius 2 is 1.75 bits per heavy atom. The van der Waals surface area contributed by atoms with Crippen molar-refractivity contribution in [3.8, 4) is 0 Å². The average molecular weight is 276 g/mol. The molecule has 112 valence electrons. The molecule has 2 rings (SSSR count). The van der Waals surface area contributed by atoms with Gasteiger partial charge in [-0.25, -0.2) is 0 Å². The number of aliphatic hydroxyl groups is 1. The summed E-state index contributed by atoms with van der Waals surface area (Å²) in [4.78, 5) is 4.73. The predicted molar refractivity (Wildman–Crippen MR) is 84.1 cm³/mol. The highest BCUT2D eigenvalue weighted by Gasteiger charge is 2.25. The van der Waals surface area contributed by atoms with Crippen LogP contribution in [0.25, 0.3) is 0 Å². The summed E-state index contributed by atoms with van der Waals surface area (Å²) in [6, 6.07) is 4.77.